The first-order valence-electron chi connectivity index (χ1n) is 7.06. The van der Waals surface area contributed by atoms with E-state index in [1.807, 2.05) is 11.8 Å². The fourth-order valence-electron chi connectivity index (χ4n) is 2.34. The van der Waals surface area contributed by atoms with Crippen molar-refractivity contribution in [3.05, 3.63) is 12.4 Å². The molecule has 0 radical (unpaired) electrons. The highest BCUT2D eigenvalue weighted by molar-refractivity contribution is 6.58. The highest BCUT2D eigenvalue weighted by Crippen LogP contribution is 2.33. The topological polar surface area (TPSA) is 95.8 Å². The Morgan fingerprint density at radius 1 is 1.38 bits per heavy atom. The summed E-state index contributed by atoms with van der Waals surface area (Å²) in [5, 5.41) is 18.0. The van der Waals surface area contributed by atoms with E-state index in [1.165, 1.54) is 12.4 Å². The molecule has 1 aromatic rings. The lowest BCUT2D eigenvalue weighted by Gasteiger charge is -2.37. The van der Waals surface area contributed by atoms with Crippen LogP contribution in [0.25, 0.3) is 0 Å². The lowest BCUT2D eigenvalue weighted by molar-refractivity contribution is -0.155. The van der Waals surface area contributed by atoms with Crippen LogP contribution in [-0.2, 0) is 9.53 Å². The molecule has 8 heteroatoms. The minimum atomic E-state index is -1.56. The van der Waals surface area contributed by atoms with Crippen molar-refractivity contribution >= 4 is 24.5 Å². The Morgan fingerprint density at radius 2 is 1.95 bits per heavy atom. The molecular weight excluding hydrogens is 273 g/mol. The van der Waals surface area contributed by atoms with Crippen molar-refractivity contribution in [3.63, 3.8) is 0 Å². The smallest absolute Gasteiger partial charge is 0.466 e. The predicted molar refractivity (Wildman–Crippen MR) is 78.0 cm³/mol. The van der Waals surface area contributed by atoms with Crippen molar-refractivity contribution in [2.75, 3.05) is 24.6 Å². The summed E-state index contributed by atoms with van der Waals surface area (Å²) in [6, 6.07) is 0. The largest absolute Gasteiger partial charge is 0.491 e. The zero-order chi connectivity index (χ0) is 15.5. The van der Waals surface area contributed by atoms with Crippen LogP contribution in [0.5, 0.6) is 0 Å². The van der Waals surface area contributed by atoms with E-state index in [2.05, 4.69) is 9.97 Å². The molecule has 1 saturated heterocycles. The second kappa shape index (κ2) is 6.40. The summed E-state index contributed by atoms with van der Waals surface area (Å²) in [5.41, 5.74) is -0.194. The molecule has 114 valence electrons. The summed E-state index contributed by atoms with van der Waals surface area (Å²) in [7, 11) is -1.56. The number of nitrogens with zero attached hydrogens (tertiary/aromatic N) is 3. The molecule has 1 aliphatic heterocycles. The average Bonchev–Trinajstić information content (AvgIpc) is 2.48. The Kier molecular flexibility index (Phi) is 4.79. The molecular formula is C13H20BN3O4. The molecule has 0 aromatic carbocycles. The molecule has 21 heavy (non-hydrogen) atoms. The Morgan fingerprint density at radius 3 is 2.43 bits per heavy atom. The maximum atomic E-state index is 12.0. The van der Waals surface area contributed by atoms with Gasteiger partial charge in [0, 0.05) is 30.9 Å². The third-order valence-electron chi connectivity index (χ3n) is 3.87. The van der Waals surface area contributed by atoms with Crippen molar-refractivity contribution in [3.8, 4) is 0 Å². The Balaban J connectivity index is 1.99. The molecule has 2 heterocycles. The summed E-state index contributed by atoms with van der Waals surface area (Å²) in [6.07, 6.45) is 4.15. The van der Waals surface area contributed by atoms with Crippen LogP contribution < -0.4 is 10.4 Å². The molecule has 1 aromatic heterocycles. The lowest BCUT2D eigenvalue weighted by atomic mass is 9.80. The molecule has 2 rings (SSSR count). The first-order chi connectivity index (χ1) is 9.96. The van der Waals surface area contributed by atoms with Crippen LogP contribution in [0.2, 0.25) is 0 Å². The highest BCUT2D eigenvalue weighted by Gasteiger charge is 2.38. The first kappa shape index (κ1) is 15.7. The van der Waals surface area contributed by atoms with Gasteiger partial charge < -0.3 is 19.7 Å². The van der Waals surface area contributed by atoms with Gasteiger partial charge in [-0.3, -0.25) is 4.79 Å². The molecule has 1 fully saturated rings. The van der Waals surface area contributed by atoms with Gasteiger partial charge in [0.25, 0.3) is 0 Å². The Hall–Kier alpha value is -1.67. The van der Waals surface area contributed by atoms with Gasteiger partial charge in [0.2, 0.25) is 5.95 Å². The number of carbonyl (C=O) groups excluding carboxylic acids is 1. The van der Waals surface area contributed by atoms with Crippen molar-refractivity contribution in [1.82, 2.24) is 9.97 Å². The number of ether oxygens (including phenoxy) is 1. The third kappa shape index (κ3) is 3.51. The maximum absolute atomic E-state index is 12.0. The van der Waals surface area contributed by atoms with Gasteiger partial charge >= 0.3 is 13.1 Å². The van der Waals surface area contributed by atoms with Gasteiger partial charge in [0.15, 0.2) is 0 Å². The lowest BCUT2D eigenvalue weighted by Crippen LogP contribution is -2.44. The summed E-state index contributed by atoms with van der Waals surface area (Å²) >= 11 is 0. The summed E-state index contributed by atoms with van der Waals surface area (Å²) in [6.45, 7) is 5.45. The van der Waals surface area contributed by atoms with Gasteiger partial charge in [-0.2, -0.15) is 0 Å². The molecule has 0 saturated carbocycles. The quantitative estimate of drug-likeness (QED) is 0.561. The van der Waals surface area contributed by atoms with Crippen LogP contribution in [0.15, 0.2) is 12.4 Å². The van der Waals surface area contributed by atoms with Crippen LogP contribution >= 0.6 is 0 Å². The highest BCUT2D eigenvalue weighted by atomic mass is 16.5. The minimum Gasteiger partial charge on any atom is -0.466 e. The van der Waals surface area contributed by atoms with E-state index in [4.69, 9.17) is 14.8 Å². The van der Waals surface area contributed by atoms with E-state index in [9.17, 15) is 4.79 Å². The van der Waals surface area contributed by atoms with Gasteiger partial charge in [-0.1, -0.05) is 0 Å². The average molecular weight is 293 g/mol. The third-order valence-corrected chi connectivity index (χ3v) is 3.87. The van der Waals surface area contributed by atoms with Gasteiger partial charge in [-0.05, 0) is 26.7 Å². The number of hydrogen-bond donors (Lipinski definition) is 2. The fraction of sp³-hybridized carbons (Fsp3) is 0.615. The van der Waals surface area contributed by atoms with E-state index in [-0.39, 0.29) is 11.4 Å². The number of aromatic nitrogens is 2. The molecule has 0 aliphatic carbocycles. The van der Waals surface area contributed by atoms with Crippen LogP contribution in [0.4, 0.5) is 5.95 Å². The zero-order valence-electron chi connectivity index (χ0n) is 12.3. The summed E-state index contributed by atoms with van der Waals surface area (Å²) in [5.74, 6) is 0.384. The zero-order valence-corrected chi connectivity index (χ0v) is 12.3. The van der Waals surface area contributed by atoms with E-state index in [0.717, 1.165) is 0 Å². The molecule has 2 N–H and O–H groups in total. The van der Waals surface area contributed by atoms with Crippen LogP contribution in [0.3, 0.4) is 0 Å². The number of hydrogen-bond acceptors (Lipinski definition) is 7. The second-order valence-corrected chi connectivity index (χ2v) is 5.46. The van der Waals surface area contributed by atoms with Crippen molar-refractivity contribution < 1.29 is 19.6 Å². The maximum Gasteiger partial charge on any atom is 0.491 e. The number of piperidine rings is 1. The molecule has 0 amide bonds. The number of esters is 1. The summed E-state index contributed by atoms with van der Waals surface area (Å²) in [4.78, 5) is 22.2. The molecule has 7 nitrogen and oxygen atoms in total. The van der Waals surface area contributed by atoms with Crippen molar-refractivity contribution in [2.45, 2.75) is 26.7 Å². The Labute approximate surface area is 124 Å². The molecule has 0 bridgehead atoms. The van der Waals surface area contributed by atoms with E-state index in [0.29, 0.717) is 38.5 Å². The van der Waals surface area contributed by atoms with Gasteiger partial charge in [-0.15, -0.1) is 0 Å². The first-order valence-corrected chi connectivity index (χ1v) is 7.06. The van der Waals surface area contributed by atoms with Crippen LogP contribution in [0, 0.1) is 5.41 Å². The predicted octanol–water partition coefficient (Wildman–Crippen LogP) is -0.674. The molecule has 0 unspecified atom stereocenters. The van der Waals surface area contributed by atoms with E-state index < -0.39 is 12.5 Å². The van der Waals surface area contributed by atoms with Crippen LogP contribution in [-0.4, -0.2) is 52.8 Å². The minimum absolute atomic E-state index is 0.149. The number of anilines is 1. The molecule has 0 atom stereocenters. The number of rotatable bonds is 4. The van der Waals surface area contributed by atoms with Gasteiger partial charge in [0.1, 0.15) is 0 Å². The summed E-state index contributed by atoms with van der Waals surface area (Å²) < 4.78 is 5.12. The number of carbonyl (C=O) groups is 1. The normalized spacial score (nSPS) is 17.4. The standard InChI is InChI=1S/C13H20BN3O4/c1-3-21-11(18)13(2)4-6-17(7-5-13)12-15-8-10(9-16-12)14(19)20/h8-9,19-20H,3-7H2,1-2H3. The van der Waals surface area contributed by atoms with Crippen molar-refractivity contribution in [2.24, 2.45) is 5.41 Å². The SMILES string of the molecule is CCOC(=O)C1(C)CCN(c2ncc(B(O)O)cn2)CC1. The Bertz CT molecular complexity index is 487. The van der Waals surface area contributed by atoms with Crippen molar-refractivity contribution in [1.29, 1.82) is 0 Å². The van der Waals surface area contributed by atoms with Gasteiger partial charge in [0.05, 0.1) is 12.0 Å². The van der Waals surface area contributed by atoms with E-state index >= 15 is 0 Å². The molecule has 0 spiro atoms. The second-order valence-electron chi connectivity index (χ2n) is 5.46. The van der Waals surface area contributed by atoms with Crippen LogP contribution in [0.1, 0.15) is 26.7 Å². The van der Waals surface area contributed by atoms with E-state index in [1.54, 1.807) is 6.92 Å². The fourth-order valence-corrected chi connectivity index (χ4v) is 2.34. The molecule has 1 aliphatic rings. The van der Waals surface area contributed by atoms with Gasteiger partial charge in [-0.25, -0.2) is 9.97 Å². The monoisotopic (exact) mass is 293 g/mol.